The maximum absolute atomic E-state index is 5.73. The molecule has 0 aliphatic carbocycles. The van der Waals surface area contributed by atoms with E-state index in [1.165, 1.54) is 31.4 Å². The third kappa shape index (κ3) is 5.38. The van der Waals surface area contributed by atoms with E-state index in [2.05, 4.69) is 47.1 Å². The Morgan fingerprint density at radius 1 is 1.14 bits per heavy atom. The second kappa shape index (κ2) is 8.47. The van der Waals surface area contributed by atoms with Crippen LogP contribution < -0.4 is 5.73 Å². The molecule has 116 valence electrons. The first-order valence-electron chi connectivity index (χ1n) is 7.96. The van der Waals surface area contributed by atoms with Gasteiger partial charge in [0.25, 0.3) is 0 Å². The number of rotatable bonds is 7. The predicted molar refractivity (Wildman–Crippen MR) is 93.6 cm³/mol. The zero-order valence-corrected chi connectivity index (χ0v) is 13.8. The summed E-state index contributed by atoms with van der Waals surface area (Å²) in [6.07, 6.45) is 3.74. The van der Waals surface area contributed by atoms with Crippen LogP contribution in [0.25, 0.3) is 0 Å². The van der Waals surface area contributed by atoms with Gasteiger partial charge in [0.2, 0.25) is 0 Å². The summed E-state index contributed by atoms with van der Waals surface area (Å²) in [7, 11) is 0. The first-order chi connectivity index (χ1) is 10.2. The Kier molecular flexibility index (Phi) is 6.61. The summed E-state index contributed by atoms with van der Waals surface area (Å²) in [5.41, 5.74) is 7.18. The van der Waals surface area contributed by atoms with Gasteiger partial charge in [-0.05, 0) is 38.3 Å². The lowest BCUT2D eigenvalue weighted by Gasteiger charge is -2.37. The van der Waals surface area contributed by atoms with Crippen LogP contribution in [0.15, 0.2) is 30.3 Å². The Morgan fingerprint density at radius 3 is 2.43 bits per heavy atom. The Morgan fingerprint density at radius 2 is 1.81 bits per heavy atom. The maximum Gasteiger partial charge on any atom is 0.0899 e. The molecule has 1 atom stereocenters. The number of nitrogens with zero attached hydrogens (tertiary/aromatic N) is 2. The van der Waals surface area contributed by atoms with E-state index in [9.17, 15) is 0 Å². The fourth-order valence-corrected chi connectivity index (χ4v) is 3.01. The van der Waals surface area contributed by atoms with E-state index in [0.717, 1.165) is 26.2 Å². The average Bonchev–Trinajstić information content (AvgIpc) is 2.52. The van der Waals surface area contributed by atoms with E-state index in [-0.39, 0.29) is 6.04 Å². The molecule has 2 N–H and O–H groups in total. The lowest BCUT2D eigenvalue weighted by atomic mass is 10.1. The third-order valence-corrected chi connectivity index (χ3v) is 4.74. The van der Waals surface area contributed by atoms with Gasteiger partial charge in [-0.2, -0.15) is 0 Å². The molecule has 1 aromatic carbocycles. The van der Waals surface area contributed by atoms with Crippen molar-refractivity contribution in [3.05, 3.63) is 35.9 Å². The van der Waals surface area contributed by atoms with Gasteiger partial charge in [-0.1, -0.05) is 42.5 Å². The van der Waals surface area contributed by atoms with Crippen LogP contribution in [0, 0.1) is 0 Å². The SMILES string of the molecule is CC(C(N)=S)N1CCN(CCCCc2ccccc2)CC1. The molecule has 1 aliphatic rings. The van der Waals surface area contributed by atoms with Crippen molar-refractivity contribution in [2.75, 3.05) is 32.7 Å². The summed E-state index contributed by atoms with van der Waals surface area (Å²) in [6.45, 7) is 7.75. The van der Waals surface area contributed by atoms with Crippen LogP contribution in [0.1, 0.15) is 25.3 Å². The minimum atomic E-state index is 0.236. The highest BCUT2D eigenvalue weighted by atomic mass is 32.1. The first-order valence-corrected chi connectivity index (χ1v) is 8.37. The highest BCUT2D eigenvalue weighted by Crippen LogP contribution is 2.09. The van der Waals surface area contributed by atoms with Crippen molar-refractivity contribution in [2.45, 2.75) is 32.2 Å². The largest absolute Gasteiger partial charge is 0.392 e. The summed E-state index contributed by atoms with van der Waals surface area (Å²) in [6, 6.07) is 11.0. The van der Waals surface area contributed by atoms with Gasteiger partial charge < -0.3 is 10.6 Å². The predicted octanol–water partition coefficient (Wildman–Crippen LogP) is 2.30. The van der Waals surface area contributed by atoms with Crippen molar-refractivity contribution in [3.63, 3.8) is 0 Å². The second-order valence-electron chi connectivity index (χ2n) is 5.90. The number of thiocarbonyl (C=S) groups is 1. The van der Waals surface area contributed by atoms with Crippen molar-refractivity contribution in [1.29, 1.82) is 0 Å². The van der Waals surface area contributed by atoms with Crippen molar-refractivity contribution in [3.8, 4) is 0 Å². The Hall–Kier alpha value is -0.970. The number of unbranched alkanes of at least 4 members (excludes halogenated alkanes) is 1. The van der Waals surface area contributed by atoms with Crippen LogP contribution in [0.3, 0.4) is 0 Å². The molecular formula is C17H27N3S. The molecular weight excluding hydrogens is 278 g/mol. The second-order valence-corrected chi connectivity index (χ2v) is 6.37. The van der Waals surface area contributed by atoms with Gasteiger partial charge in [0.05, 0.1) is 11.0 Å². The Bertz CT molecular complexity index is 427. The minimum Gasteiger partial charge on any atom is -0.392 e. The molecule has 0 spiro atoms. The first kappa shape index (κ1) is 16.4. The zero-order chi connectivity index (χ0) is 15.1. The Labute approximate surface area is 134 Å². The molecule has 1 unspecified atom stereocenters. The average molecular weight is 305 g/mol. The molecule has 0 bridgehead atoms. The van der Waals surface area contributed by atoms with Crippen LogP contribution in [0.2, 0.25) is 0 Å². The van der Waals surface area contributed by atoms with Gasteiger partial charge in [-0.15, -0.1) is 0 Å². The number of nitrogens with two attached hydrogens (primary N) is 1. The van der Waals surface area contributed by atoms with E-state index in [1.807, 2.05) is 0 Å². The van der Waals surface area contributed by atoms with Gasteiger partial charge in [-0.25, -0.2) is 0 Å². The molecule has 0 amide bonds. The van der Waals surface area contributed by atoms with Gasteiger partial charge in [0.15, 0.2) is 0 Å². The summed E-state index contributed by atoms with van der Waals surface area (Å²) >= 11 is 5.08. The third-order valence-electron chi connectivity index (χ3n) is 4.40. The lowest BCUT2D eigenvalue weighted by molar-refractivity contribution is 0.121. The fraction of sp³-hybridized carbons (Fsp3) is 0.588. The molecule has 0 radical (unpaired) electrons. The minimum absolute atomic E-state index is 0.236. The summed E-state index contributed by atoms with van der Waals surface area (Å²) < 4.78 is 0. The molecule has 1 saturated heterocycles. The number of aryl methyl sites for hydroxylation is 1. The highest BCUT2D eigenvalue weighted by Gasteiger charge is 2.21. The lowest BCUT2D eigenvalue weighted by Crippen LogP contribution is -2.52. The van der Waals surface area contributed by atoms with E-state index >= 15 is 0 Å². The molecule has 0 aromatic heterocycles. The molecule has 4 heteroatoms. The maximum atomic E-state index is 5.73. The summed E-state index contributed by atoms with van der Waals surface area (Å²) in [5.74, 6) is 0. The van der Waals surface area contributed by atoms with Crippen LogP contribution in [-0.4, -0.2) is 53.6 Å². The normalized spacial score (nSPS) is 18.5. The highest BCUT2D eigenvalue weighted by molar-refractivity contribution is 7.80. The van der Waals surface area contributed by atoms with E-state index in [1.54, 1.807) is 0 Å². The molecule has 1 aromatic rings. The molecule has 0 saturated carbocycles. The topological polar surface area (TPSA) is 32.5 Å². The molecule has 21 heavy (non-hydrogen) atoms. The fourth-order valence-electron chi connectivity index (χ4n) is 2.86. The van der Waals surface area contributed by atoms with Crippen molar-refractivity contribution in [2.24, 2.45) is 5.73 Å². The van der Waals surface area contributed by atoms with E-state index in [4.69, 9.17) is 18.0 Å². The molecule has 1 fully saturated rings. The molecule has 2 rings (SSSR count). The molecule has 1 aliphatic heterocycles. The summed E-state index contributed by atoms with van der Waals surface area (Å²) in [4.78, 5) is 5.57. The van der Waals surface area contributed by atoms with Crippen LogP contribution in [-0.2, 0) is 6.42 Å². The van der Waals surface area contributed by atoms with Gasteiger partial charge >= 0.3 is 0 Å². The number of piperazine rings is 1. The zero-order valence-electron chi connectivity index (χ0n) is 13.0. The smallest absolute Gasteiger partial charge is 0.0899 e. The van der Waals surface area contributed by atoms with Crippen LogP contribution >= 0.6 is 12.2 Å². The van der Waals surface area contributed by atoms with E-state index < -0.39 is 0 Å². The van der Waals surface area contributed by atoms with Crippen molar-refractivity contribution >= 4 is 17.2 Å². The number of hydrogen-bond donors (Lipinski definition) is 1. The summed E-state index contributed by atoms with van der Waals surface area (Å²) in [5, 5.41) is 0. The standard InChI is InChI=1S/C17H27N3S/c1-15(17(18)21)20-13-11-19(12-14-20)10-6-5-9-16-7-3-2-4-8-16/h2-4,7-8,15H,5-6,9-14H2,1H3,(H2,18,21). The van der Waals surface area contributed by atoms with Gasteiger partial charge in [-0.3, -0.25) is 4.90 Å². The molecule has 1 heterocycles. The van der Waals surface area contributed by atoms with Gasteiger partial charge in [0, 0.05) is 26.2 Å². The van der Waals surface area contributed by atoms with Gasteiger partial charge in [0.1, 0.15) is 0 Å². The van der Waals surface area contributed by atoms with Crippen LogP contribution in [0.4, 0.5) is 0 Å². The number of benzene rings is 1. The monoisotopic (exact) mass is 305 g/mol. The number of hydrogen-bond acceptors (Lipinski definition) is 3. The Balaban J connectivity index is 1.60. The van der Waals surface area contributed by atoms with Crippen LogP contribution in [0.5, 0.6) is 0 Å². The quantitative estimate of drug-likeness (QED) is 0.619. The van der Waals surface area contributed by atoms with Crippen molar-refractivity contribution < 1.29 is 0 Å². The molecule has 3 nitrogen and oxygen atoms in total. The van der Waals surface area contributed by atoms with E-state index in [0.29, 0.717) is 4.99 Å². The van der Waals surface area contributed by atoms with Crippen molar-refractivity contribution in [1.82, 2.24) is 9.80 Å².